The molecule has 87 valence electrons. The van der Waals surface area contributed by atoms with Crippen molar-refractivity contribution in [2.75, 3.05) is 0 Å². The van der Waals surface area contributed by atoms with E-state index in [-0.39, 0.29) is 0 Å². The predicted molar refractivity (Wildman–Crippen MR) is 58.1 cm³/mol. The van der Waals surface area contributed by atoms with Crippen LogP contribution in [0.1, 0.15) is 37.5 Å². The standard InChI is InChI=1S/C13H14F3/c1-5-9-6-7-10(12(2,3)4)11(8-9)13(14,15)16/h6-8H,1H2,2-4H3. The van der Waals surface area contributed by atoms with E-state index < -0.39 is 17.2 Å². The Hall–Kier alpha value is -1.25. The fourth-order valence-electron chi connectivity index (χ4n) is 1.54. The number of hydrogen-bond acceptors (Lipinski definition) is 0. The Morgan fingerprint density at radius 2 is 1.62 bits per heavy atom. The molecule has 0 saturated carbocycles. The average molecular weight is 227 g/mol. The SMILES string of the molecule is C=[C]c1ccc(C(C)(C)C)c(C(F)(F)F)c1. The topological polar surface area (TPSA) is 0 Å². The molecule has 0 aliphatic carbocycles. The highest BCUT2D eigenvalue weighted by atomic mass is 19.4. The lowest BCUT2D eigenvalue weighted by atomic mass is 9.83. The first-order valence-electron chi connectivity index (χ1n) is 4.91. The first-order chi connectivity index (χ1) is 7.16. The monoisotopic (exact) mass is 227 g/mol. The smallest absolute Gasteiger partial charge is 0.166 e. The van der Waals surface area contributed by atoms with E-state index in [1.807, 2.05) is 0 Å². The van der Waals surface area contributed by atoms with E-state index in [2.05, 4.69) is 12.7 Å². The van der Waals surface area contributed by atoms with Gasteiger partial charge < -0.3 is 0 Å². The summed E-state index contributed by atoms with van der Waals surface area (Å²) in [5, 5.41) is 0. The van der Waals surface area contributed by atoms with E-state index in [1.54, 1.807) is 26.8 Å². The van der Waals surface area contributed by atoms with E-state index in [1.165, 1.54) is 6.07 Å². The molecule has 0 N–H and O–H groups in total. The van der Waals surface area contributed by atoms with Crippen LogP contribution in [0.5, 0.6) is 0 Å². The molecule has 1 rings (SSSR count). The lowest BCUT2D eigenvalue weighted by Gasteiger charge is -2.24. The van der Waals surface area contributed by atoms with E-state index >= 15 is 0 Å². The normalized spacial score (nSPS) is 12.6. The Bertz CT molecular complexity index is 395. The van der Waals surface area contributed by atoms with Crippen molar-refractivity contribution in [2.45, 2.75) is 32.4 Å². The second kappa shape index (κ2) is 3.96. The Kier molecular flexibility index (Phi) is 3.17. The number of alkyl halides is 3. The molecule has 0 spiro atoms. The molecular formula is C13H14F3. The molecule has 0 aliphatic rings. The Morgan fingerprint density at radius 1 is 1.06 bits per heavy atom. The quantitative estimate of drug-likeness (QED) is 0.669. The first kappa shape index (κ1) is 12.8. The average Bonchev–Trinajstić information content (AvgIpc) is 2.14. The zero-order chi connectivity index (χ0) is 12.6. The minimum atomic E-state index is -4.34. The number of halogens is 3. The number of rotatable bonds is 1. The summed E-state index contributed by atoms with van der Waals surface area (Å²) in [5.74, 6) is 0. The van der Waals surface area contributed by atoms with Gasteiger partial charge in [0.15, 0.2) is 0 Å². The minimum Gasteiger partial charge on any atom is -0.166 e. The van der Waals surface area contributed by atoms with Crippen LogP contribution < -0.4 is 0 Å². The fourth-order valence-corrected chi connectivity index (χ4v) is 1.54. The van der Waals surface area contributed by atoms with Crippen LogP contribution in [-0.4, -0.2) is 0 Å². The van der Waals surface area contributed by atoms with E-state index in [9.17, 15) is 13.2 Å². The lowest BCUT2D eigenvalue weighted by molar-refractivity contribution is -0.138. The maximum absolute atomic E-state index is 12.8. The molecule has 1 radical (unpaired) electrons. The summed E-state index contributed by atoms with van der Waals surface area (Å²) in [6, 6.07) is 4.19. The number of benzene rings is 1. The van der Waals surface area contributed by atoms with Gasteiger partial charge in [0, 0.05) is 0 Å². The Balaban J connectivity index is 3.45. The molecule has 0 amide bonds. The van der Waals surface area contributed by atoms with Crippen LogP contribution in [0.4, 0.5) is 13.2 Å². The van der Waals surface area contributed by atoms with Crippen molar-refractivity contribution in [1.82, 2.24) is 0 Å². The molecule has 3 heteroatoms. The van der Waals surface area contributed by atoms with E-state index in [0.29, 0.717) is 11.1 Å². The van der Waals surface area contributed by atoms with Crippen molar-refractivity contribution >= 4 is 0 Å². The molecule has 0 atom stereocenters. The molecule has 0 nitrogen and oxygen atoms in total. The maximum atomic E-state index is 12.8. The molecule has 0 saturated heterocycles. The highest BCUT2D eigenvalue weighted by molar-refractivity contribution is 5.40. The summed E-state index contributed by atoms with van der Waals surface area (Å²) in [7, 11) is 0. The molecule has 16 heavy (non-hydrogen) atoms. The van der Waals surface area contributed by atoms with E-state index in [0.717, 1.165) is 6.07 Å². The number of hydrogen-bond donors (Lipinski definition) is 0. The summed E-state index contributed by atoms with van der Waals surface area (Å²) in [6.45, 7) is 8.63. The summed E-state index contributed by atoms with van der Waals surface area (Å²) >= 11 is 0. The van der Waals surface area contributed by atoms with Gasteiger partial charge in [-0.3, -0.25) is 0 Å². The molecule has 0 aliphatic heterocycles. The van der Waals surface area contributed by atoms with Crippen molar-refractivity contribution in [1.29, 1.82) is 0 Å². The molecule has 0 heterocycles. The Labute approximate surface area is 93.8 Å². The van der Waals surface area contributed by atoms with Crippen molar-refractivity contribution in [2.24, 2.45) is 0 Å². The van der Waals surface area contributed by atoms with E-state index in [4.69, 9.17) is 0 Å². The van der Waals surface area contributed by atoms with Gasteiger partial charge in [0.2, 0.25) is 0 Å². The molecule has 0 aromatic heterocycles. The summed E-state index contributed by atoms with van der Waals surface area (Å²) in [6.07, 6.45) is -1.87. The molecule has 1 aromatic rings. The second-order valence-electron chi connectivity index (χ2n) is 4.68. The van der Waals surface area contributed by atoms with Crippen LogP contribution >= 0.6 is 0 Å². The van der Waals surface area contributed by atoms with Crippen molar-refractivity contribution < 1.29 is 13.2 Å². The van der Waals surface area contributed by atoms with Crippen LogP contribution in [0.3, 0.4) is 0 Å². The highest BCUT2D eigenvalue weighted by Crippen LogP contribution is 2.37. The van der Waals surface area contributed by atoms with Crippen LogP contribution in [0.15, 0.2) is 24.8 Å². The van der Waals surface area contributed by atoms with Gasteiger partial charge in [0.25, 0.3) is 0 Å². The molecule has 1 aromatic carbocycles. The van der Waals surface area contributed by atoms with Crippen molar-refractivity contribution in [3.05, 3.63) is 47.5 Å². The van der Waals surface area contributed by atoms with Crippen molar-refractivity contribution in [3.63, 3.8) is 0 Å². The summed E-state index contributed by atoms with van der Waals surface area (Å²) < 4.78 is 38.5. The molecule has 0 fully saturated rings. The van der Waals surface area contributed by atoms with Gasteiger partial charge in [0.05, 0.1) is 5.56 Å². The lowest BCUT2D eigenvalue weighted by Crippen LogP contribution is -2.19. The molecule has 0 bridgehead atoms. The molecular weight excluding hydrogens is 213 g/mol. The maximum Gasteiger partial charge on any atom is 0.416 e. The Morgan fingerprint density at radius 3 is 2.00 bits per heavy atom. The fraction of sp³-hybridized carbons (Fsp3) is 0.385. The summed E-state index contributed by atoms with van der Waals surface area (Å²) in [5.41, 5.74) is -0.488. The van der Waals surface area contributed by atoms with Gasteiger partial charge in [-0.1, -0.05) is 39.5 Å². The van der Waals surface area contributed by atoms with Gasteiger partial charge in [-0.25, -0.2) is 0 Å². The third-order valence-electron chi connectivity index (χ3n) is 2.34. The van der Waals surface area contributed by atoms with Crippen molar-refractivity contribution in [3.8, 4) is 0 Å². The van der Waals surface area contributed by atoms with Crippen LogP contribution in [0.2, 0.25) is 0 Å². The van der Waals surface area contributed by atoms with Gasteiger partial charge >= 0.3 is 6.18 Å². The van der Waals surface area contributed by atoms with Crippen LogP contribution in [0, 0.1) is 6.08 Å². The first-order valence-corrected chi connectivity index (χ1v) is 4.91. The van der Waals surface area contributed by atoms with Gasteiger partial charge in [0.1, 0.15) is 0 Å². The zero-order valence-corrected chi connectivity index (χ0v) is 9.57. The minimum absolute atomic E-state index is 0.291. The third kappa shape index (κ3) is 2.65. The second-order valence-corrected chi connectivity index (χ2v) is 4.68. The van der Waals surface area contributed by atoms with Gasteiger partial charge in [-0.2, -0.15) is 13.2 Å². The largest absolute Gasteiger partial charge is 0.416 e. The van der Waals surface area contributed by atoms with Gasteiger partial charge in [-0.15, -0.1) is 0 Å². The highest BCUT2D eigenvalue weighted by Gasteiger charge is 2.36. The molecule has 0 unspecified atom stereocenters. The van der Waals surface area contributed by atoms with Gasteiger partial charge in [-0.05, 0) is 28.7 Å². The third-order valence-corrected chi connectivity index (χ3v) is 2.34. The zero-order valence-electron chi connectivity index (χ0n) is 9.57. The summed E-state index contributed by atoms with van der Waals surface area (Å²) in [4.78, 5) is 0. The van der Waals surface area contributed by atoms with Crippen LogP contribution in [-0.2, 0) is 11.6 Å². The van der Waals surface area contributed by atoms with Crippen LogP contribution in [0.25, 0.3) is 0 Å². The predicted octanol–water partition coefficient (Wildman–Crippen LogP) is 4.34.